The van der Waals surface area contributed by atoms with Crippen molar-refractivity contribution in [1.29, 1.82) is 0 Å². The van der Waals surface area contributed by atoms with Crippen molar-refractivity contribution in [1.82, 2.24) is 4.98 Å². The molecule has 1 aromatic heterocycles. The number of anilines is 1. The zero-order valence-corrected chi connectivity index (χ0v) is 14.1. The molecule has 3 nitrogen and oxygen atoms in total. The van der Waals surface area contributed by atoms with E-state index >= 15 is 0 Å². The Morgan fingerprint density at radius 1 is 0.963 bits per heavy atom. The van der Waals surface area contributed by atoms with Gasteiger partial charge in [0.25, 0.3) is 5.91 Å². The van der Waals surface area contributed by atoms with Crippen molar-refractivity contribution in [3.8, 4) is 0 Å². The highest BCUT2D eigenvalue weighted by Crippen LogP contribution is 2.22. The summed E-state index contributed by atoms with van der Waals surface area (Å²) < 4.78 is 40.8. The summed E-state index contributed by atoms with van der Waals surface area (Å²) in [6, 6.07) is 13.9. The largest absolute Gasteiger partial charge is 0.300 e. The van der Waals surface area contributed by atoms with E-state index < -0.39 is 23.4 Å². The average Bonchev–Trinajstić information content (AvgIpc) is 2.66. The van der Waals surface area contributed by atoms with Crippen molar-refractivity contribution >= 4 is 17.7 Å². The summed E-state index contributed by atoms with van der Waals surface area (Å²) in [6.45, 7) is -0.00425. The number of hydrogen-bond acceptors (Lipinski definition) is 2. The van der Waals surface area contributed by atoms with Crippen LogP contribution in [0.15, 0.2) is 72.9 Å². The lowest BCUT2D eigenvalue weighted by atomic mass is 10.2. The standard InChI is InChI=1S/C21H15F3N2O/c22-16-5-3-4-15(12-16)7-10-21(27)26(14-18-6-1-2-11-25-18)20-9-8-17(23)13-19(20)24/h1-13H,14H2. The number of hydrogen-bond donors (Lipinski definition) is 0. The minimum Gasteiger partial charge on any atom is -0.300 e. The van der Waals surface area contributed by atoms with Crippen LogP contribution in [0.2, 0.25) is 0 Å². The van der Waals surface area contributed by atoms with Crippen molar-refractivity contribution in [2.45, 2.75) is 6.54 Å². The first kappa shape index (κ1) is 18.4. The van der Waals surface area contributed by atoms with Gasteiger partial charge in [0, 0.05) is 18.3 Å². The van der Waals surface area contributed by atoms with E-state index in [4.69, 9.17) is 0 Å². The van der Waals surface area contributed by atoms with Gasteiger partial charge in [0.15, 0.2) is 0 Å². The molecule has 2 aromatic carbocycles. The average molecular weight is 368 g/mol. The van der Waals surface area contributed by atoms with Crippen molar-refractivity contribution in [2.75, 3.05) is 4.90 Å². The first-order valence-corrected chi connectivity index (χ1v) is 8.13. The van der Waals surface area contributed by atoms with Crippen LogP contribution in [0.4, 0.5) is 18.9 Å². The van der Waals surface area contributed by atoms with Gasteiger partial charge in [-0.05, 0) is 48.0 Å². The Bertz CT molecular complexity index is 974. The van der Waals surface area contributed by atoms with Gasteiger partial charge < -0.3 is 0 Å². The summed E-state index contributed by atoms with van der Waals surface area (Å²) in [5, 5.41) is 0. The summed E-state index contributed by atoms with van der Waals surface area (Å²) in [5.74, 6) is -2.58. The molecule has 0 aliphatic rings. The predicted molar refractivity (Wildman–Crippen MR) is 97.2 cm³/mol. The van der Waals surface area contributed by atoms with Crippen molar-refractivity contribution in [2.24, 2.45) is 0 Å². The van der Waals surface area contributed by atoms with Gasteiger partial charge >= 0.3 is 0 Å². The summed E-state index contributed by atoms with van der Waals surface area (Å²) in [5.41, 5.74) is 0.949. The summed E-state index contributed by atoms with van der Waals surface area (Å²) >= 11 is 0. The maximum atomic E-state index is 14.3. The number of aromatic nitrogens is 1. The summed E-state index contributed by atoms with van der Waals surface area (Å²) in [7, 11) is 0. The molecule has 6 heteroatoms. The Kier molecular flexibility index (Phi) is 5.66. The second kappa shape index (κ2) is 8.31. The molecule has 0 saturated carbocycles. The lowest BCUT2D eigenvalue weighted by molar-refractivity contribution is -0.114. The van der Waals surface area contributed by atoms with Gasteiger partial charge in [-0.3, -0.25) is 14.7 Å². The molecule has 0 aliphatic heterocycles. The molecular formula is C21H15F3N2O. The summed E-state index contributed by atoms with van der Waals surface area (Å²) in [4.78, 5) is 18.0. The molecule has 136 valence electrons. The Morgan fingerprint density at radius 2 is 1.78 bits per heavy atom. The van der Waals surface area contributed by atoms with Gasteiger partial charge in [-0.15, -0.1) is 0 Å². The second-order valence-corrected chi connectivity index (χ2v) is 5.73. The van der Waals surface area contributed by atoms with Crippen molar-refractivity contribution < 1.29 is 18.0 Å². The van der Waals surface area contributed by atoms with E-state index in [1.807, 2.05) is 0 Å². The highest BCUT2D eigenvalue weighted by atomic mass is 19.1. The monoisotopic (exact) mass is 368 g/mol. The number of nitrogens with zero attached hydrogens (tertiary/aromatic N) is 2. The van der Waals surface area contributed by atoms with E-state index in [-0.39, 0.29) is 12.2 Å². The van der Waals surface area contributed by atoms with Crippen LogP contribution in [0.1, 0.15) is 11.3 Å². The number of rotatable bonds is 5. The maximum absolute atomic E-state index is 14.3. The quantitative estimate of drug-likeness (QED) is 0.609. The van der Waals surface area contributed by atoms with Crippen LogP contribution in [-0.4, -0.2) is 10.9 Å². The molecular weight excluding hydrogens is 353 g/mol. The smallest absolute Gasteiger partial charge is 0.251 e. The normalized spacial score (nSPS) is 10.9. The van der Waals surface area contributed by atoms with E-state index in [0.717, 1.165) is 11.0 Å². The number of benzene rings is 2. The van der Waals surface area contributed by atoms with Crippen LogP contribution in [0, 0.1) is 17.5 Å². The molecule has 0 aliphatic carbocycles. The number of carbonyl (C=O) groups excluding carboxylic acids is 1. The third-order valence-electron chi connectivity index (χ3n) is 3.78. The Morgan fingerprint density at radius 3 is 2.48 bits per heavy atom. The van der Waals surface area contributed by atoms with Crippen LogP contribution in [0.25, 0.3) is 6.08 Å². The molecule has 1 heterocycles. The molecule has 0 radical (unpaired) electrons. The predicted octanol–water partition coefficient (Wildman–Crippen LogP) is 4.75. The van der Waals surface area contributed by atoms with Gasteiger partial charge in [-0.2, -0.15) is 0 Å². The van der Waals surface area contributed by atoms with Gasteiger partial charge in [-0.1, -0.05) is 18.2 Å². The highest BCUT2D eigenvalue weighted by Gasteiger charge is 2.18. The van der Waals surface area contributed by atoms with Crippen LogP contribution in [0.3, 0.4) is 0 Å². The van der Waals surface area contributed by atoms with E-state index in [9.17, 15) is 18.0 Å². The fourth-order valence-corrected chi connectivity index (χ4v) is 2.50. The van der Waals surface area contributed by atoms with Crippen LogP contribution in [0.5, 0.6) is 0 Å². The van der Waals surface area contributed by atoms with Crippen molar-refractivity contribution in [3.63, 3.8) is 0 Å². The zero-order chi connectivity index (χ0) is 19.2. The van der Waals surface area contributed by atoms with E-state index in [0.29, 0.717) is 17.3 Å². The Labute approximate surface area is 154 Å². The minimum atomic E-state index is -0.863. The molecule has 1 amide bonds. The number of carbonyl (C=O) groups is 1. The molecule has 3 aromatic rings. The molecule has 0 N–H and O–H groups in total. The van der Waals surface area contributed by atoms with Crippen LogP contribution < -0.4 is 4.90 Å². The van der Waals surface area contributed by atoms with Gasteiger partial charge in [0.1, 0.15) is 17.5 Å². The highest BCUT2D eigenvalue weighted by molar-refractivity contribution is 6.03. The molecule has 0 unspecified atom stereocenters. The lowest BCUT2D eigenvalue weighted by Gasteiger charge is -2.21. The fourth-order valence-electron chi connectivity index (χ4n) is 2.50. The molecule has 27 heavy (non-hydrogen) atoms. The molecule has 0 spiro atoms. The fraction of sp³-hybridized carbons (Fsp3) is 0.0476. The third-order valence-corrected chi connectivity index (χ3v) is 3.78. The van der Waals surface area contributed by atoms with E-state index in [1.165, 1.54) is 36.4 Å². The molecule has 0 saturated heterocycles. The van der Waals surface area contributed by atoms with Crippen molar-refractivity contribution in [3.05, 3.63) is 102 Å². The molecule has 0 atom stereocenters. The lowest BCUT2D eigenvalue weighted by Crippen LogP contribution is -2.30. The minimum absolute atomic E-state index is 0.00425. The van der Waals surface area contributed by atoms with Gasteiger partial charge in [0.2, 0.25) is 0 Å². The van der Waals surface area contributed by atoms with Gasteiger partial charge in [0.05, 0.1) is 17.9 Å². The first-order valence-electron chi connectivity index (χ1n) is 8.13. The number of amides is 1. The molecule has 3 rings (SSSR count). The molecule has 0 bridgehead atoms. The second-order valence-electron chi connectivity index (χ2n) is 5.73. The number of halogens is 3. The SMILES string of the molecule is O=C(C=Cc1cccc(F)c1)N(Cc1ccccn1)c1ccc(F)cc1F. The van der Waals surface area contributed by atoms with E-state index in [2.05, 4.69) is 4.98 Å². The third kappa shape index (κ3) is 4.82. The maximum Gasteiger partial charge on any atom is 0.251 e. The first-order chi connectivity index (χ1) is 13.0. The Balaban J connectivity index is 1.92. The van der Waals surface area contributed by atoms with Crippen LogP contribution >= 0.6 is 0 Å². The van der Waals surface area contributed by atoms with Crippen LogP contribution in [-0.2, 0) is 11.3 Å². The Hall–Kier alpha value is -3.41. The molecule has 0 fully saturated rings. The van der Waals surface area contributed by atoms with Gasteiger partial charge in [-0.25, -0.2) is 13.2 Å². The summed E-state index contributed by atoms with van der Waals surface area (Å²) in [6.07, 6.45) is 4.19. The number of pyridine rings is 1. The van der Waals surface area contributed by atoms with E-state index in [1.54, 1.807) is 30.5 Å². The topological polar surface area (TPSA) is 33.2 Å². The zero-order valence-electron chi connectivity index (χ0n) is 14.1.